The van der Waals surface area contributed by atoms with E-state index >= 15 is 0 Å². The van der Waals surface area contributed by atoms with E-state index in [1.54, 1.807) is 16.7 Å². The molecule has 10 rings (SSSR count). The lowest BCUT2D eigenvalue weighted by molar-refractivity contribution is -0.142. The molecule has 0 saturated heterocycles. The highest BCUT2D eigenvalue weighted by Crippen LogP contribution is 2.29. The van der Waals surface area contributed by atoms with Crippen LogP contribution < -0.4 is 11.1 Å². The van der Waals surface area contributed by atoms with Gasteiger partial charge in [-0.05, 0) is 130 Å². The summed E-state index contributed by atoms with van der Waals surface area (Å²) in [6.45, 7) is 0.558. The molecule has 9 nitrogen and oxygen atoms in total. The summed E-state index contributed by atoms with van der Waals surface area (Å²) in [4.78, 5) is 56.1. The molecule has 2 heterocycles. The summed E-state index contributed by atoms with van der Waals surface area (Å²) in [6, 6.07) is 60.8. The first-order chi connectivity index (χ1) is 35.5. The predicted molar refractivity (Wildman–Crippen MR) is 286 cm³/mol. The number of benzene rings is 8. The van der Waals surface area contributed by atoms with Gasteiger partial charge in [-0.2, -0.15) is 0 Å². The van der Waals surface area contributed by atoms with E-state index < -0.39 is 35.6 Å². The van der Waals surface area contributed by atoms with Gasteiger partial charge in [0.05, 0.1) is 0 Å². The summed E-state index contributed by atoms with van der Waals surface area (Å²) in [5.74, 6) is -0.946. The van der Waals surface area contributed by atoms with Crippen molar-refractivity contribution < 1.29 is 33.1 Å². The molecule has 0 aliphatic carbocycles. The Morgan fingerprint density at radius 2 is 0.877 bits per heavy atom. The van der Waals surface area contributed by atoms with Crippen molar-refractivity contribution in [2.75, 3.05) is 11.1 Å². The molecular weight excluding hydrogens is 959 g/mol. The third-order valence-corrected chi connectivity index (χ3v) is 14.5. The maximum Gasteiger partial charge on any atom is 0.326 e. The van der Waals surface area contributed by atoms with Crippen molar-refractivity contribution >= 4 is 58.6 Å². The van der Waals surface area contributed by atoms with Crippen molar-refractivity contribution in [3.05, 3.63) is 262 Å². The molecule has 0 fully saturated rings. The fraction of sp³-hybridized carbons (Fsp3) is 0.133. The van der Waals surface area contributed by atoms with E-state index in [2.05, 4.69) is 53.8 Å². The van der Waals surface area contributed by atoms with Gasteiger partial charge in [-0.25, -0.2) is 13.6 Å². The van der Waals surface area contributed by atoms with Crippen molar-refractivity contribution in [2.24, 2.45) is 0 Å². The number of aliphatic carboxylic acids is 1. The lowest BCUT2D eigenvalue weighted by atomic mass is 9.92. The summed E-state index contributed by atoms with van der Waals surface area (Å²) in [5, 5.41) is 12.4. The van der Waals surface area contributed by atoms with Crippen LogP contribution in [0.3, 0.4) is 0 Å². The maximum absolute atomic E-state index is 13.4. The zero-order chi connectivity index (χ0) is 51.1. The molecule has 8 aromatic carbocycles. The summed E-state index contributed by atoms with van der Waals surface area (Å²) >= 11 is 3.56. The number of anilines is 2. The zero-order valence-corrected chi connectivity index (χ0v) is 41.3. The third kappa shape index (κ3) is 14.1. The lowest BCUT2D eigenvalue weighted by Crippen LogP contribution is -2.50. The van der Waals surface area contributed by atoms with E-state index in [9.17, 15) is 33.1 Å². The van der Waals surface area contributed by atoms with E-state index in [0.717, 1.165) is 44.3 Å². The monoisotopic (exact) mass is 1010 g/mol. The average molecular weight is 1010 g/mol. The van der Waals surface area contributed by atoms with Gasteiger partial charge in [-0.3, -0.25) is 14.4 Å². The SMILES string of the molecule is Nc1ccc(SCc2ccccc2)cc1.O=C(Nc1ccc(SCc2ccccc2)cc1)C1Cc2ccccc2CN1C(=O)c1ccc(F)cc1.O=C(O)C1Cc2ccccc2CN1C(=O)c1ccc(F)cc1. The topological polar surface area (TPSA) is 133 Å². The number of carboxylic acid groups (broad SMARTS) is 1. The number of carboxylic acids is 1. The number of nitrogen functional groups attached to an aromatic ring is 1. The molecule has 0 aromatic heterocycles. The normalized spacial score (nSPS) is 14.4. The second kappa shape index (κ2) is 24.9. The van der Waals surface area contributed by atoms with Crippen LogP contribution in [0.5, 0.6) is 0 Å². The number of rotatable bonds is 11. The highest BCUT2D eigenvalue weighted by atomic mass is 32.2. The number of nitrogens with zero attached hydrogens (tertiary/aromatic N) is 2. The number of amides is 3. The van der Waals surface area contributed by atoms with Crippen LogP contribution in [0, 0.1) is 11.6 Å². The predicted octanol–water partition coefficient (Wildman–Crippen LogP) is 12.4. The van der Waals surface area contributed by atoms with Crippen LogP contribution in [-0.2, 0) is 47.0 Å². The Bertz CT molecular complexity index is 3130. The molecule has 0 radical (unpaired) electrons. The highest BCUT2D eigenvalue weighted by molar-refractivity contribution is 7.98. The van der Waals surface area contributed by atoms with Crippen LogP contribution in [0.1, 0.15) is 54.1 Å². The molecule has 0 spiro atoms. The Balaban J connectivity index is 0.000000162. The molecule has 2 unspecified atom stereocenters. The van der Waals surface area contributed by atoms with Crippen molar-refractivity contribution in [1.29, 1.82) is 0 Å². The van der Waals surface area contributed by atoms with E-state index in [0.29, 0.717) is 24.2 Å². The maximum atomic E-state index is 13.4. The van der Waals surface area contributed by atoms with E-state index in [-0.39, 0.29) is 30.3 Å². The molecule has 368 valence electrons. The molecule has 0 bridgehead atoms. The lowest BCUT2D eigenvalue weighted by Gasteiger charge is -2.36. The Morgan fingerprint density at radius 1 is 0.493 bits per heavy atom. The van der Waals surface area contributed by atoms with Crippen molar-refractivity contribution in [3.63, 3.8) is 0 Å². The summed E-state index contributed by atoms with van der Waals surface area (Å²) in [6.07, 6.45) is 0.693. The number of hydrogen-bond acceptors (Lipinski definition) is 7. The third-order valence-electron chi connectivity index (χ3n) is 12.3. The van der Waals surface area contributed by atoms with Gasteiger partial charge in [-0.1, -0.05) is 109 Å². The molecule has 2 aliphatic rings. The average Bonchev–Trinajstić information content (AvgIpc) is 3.43. The Morgan fingerprint density at radius 3 is 1.32 bits per heavy atom. The quantitative estimate of drug-likeness (QED) is 0.0862. The fourth-order valence-electron chi connectivity index (χ4n) is 8.35. The Kier molecular flexibility index (Phi) is 17.5. The van der Waals surface area contributed by atoms with E-state index in [1.807, 2.05) is 121 Å². The highest BCUT2D eigenvalue weighted by Gasteiger charge is 2.36. The molecule has 2 atom stereocenters. The molecule has 13 heteroatoms. The first-order valence-corrected chi connectivity index (χ1v) is 25.5. The second-order valence-electron chi connectivity index (χ2n) is 17.3. The van der Waals surface area contributed by atoms with Crippen molar-refractivity contribution in [2.45, 2.75) is 59.3 Å². The largest absolute Gasteiger partial charge is 0.480 e. The Hall–Kier alpha value is -8.00. The van der Waals surface area contributed by atoms with Gasteiger partial charge in [-0.15, -0.1) is 23.5 Å². The van der Waals surface area contributed by atoms with E-state index in [1.165, 1.54) is 69.5 Å². The molecule has 4 N–H and O–H groups in total. The number of thioether (sulfide) groups is 2. The van der Waals surface area contributed by atoms with Crippen LogP contribution in [0.15, 0.2) is 216 Å². The second-order valence-corrected chi connectivity index (χ2v) is 19.4. The van der Waals surface area contributed by atoms with Crippen LogP contribution in [0.4, 0.5) is 20.2 Å². The number of nitrogens with one attached hydrogen (secondary N) is 1. The minimum Gasteiger partial charge on any atom is -0.480 e. The van der Waals surface area contributed by atoms with Gasteiger partial charge >= 0.3 is 5.97 Å². The summed E-state index contributed by atoms with van der Waals surface area (Å²) in [7, 11) is 0. The van der Waals surface area contributed by atoms with Crippen LogP contribution >= 0.6 is 23.5 Å². The smallest absolute Gasteiger partial charge is 0.326 e. The minimum absolute atomic E-state index is 0.239. The van der Waals surface area contributed by atoms with Gasteiger partial charge in [0, 0.05) is 69.7 Å². The van der Waals surface area contributed by atoms with Crippen LogP contribution in [0.25, 0.3) is 0 Å². The van der Waals surface area contributed by atoms with Gasteiger partial charge in [0.15, 0.2) is 0 Å². The number of halogens is 2. The molecule has 73 heavy (non-hydrogen) atoms. The van der Waals surface area contributed by atoms with Gasteiger partial charge in [0.2, 0.25) is 5.91 Å². The number of carbonyl (C=O) groups excluding carboxylic acids is 3. The Labute approximate surface area is 432 Å². The summed E-state index contributed by atoms with van der Waals surface area (Å²) < 4.78 is 26.4. The molecule has 3 amide bonds. The van der Waals surface area contributed by atoms with Gasteiger partial charge in [0.25, 0.3) is 11.8 Å². The van der Waals surface area contributed by atoms with Crippen molar-refractivity contribution in [3.8, 4) is 0 Å². The fourth-order valence-corrected chi connectivity index (χ4v) is 10.1. The van der Waals surface area contributed by atoms with Gasteiger partial charge < -0.3 is 26.0 Å². The minimum atomic E-state index is -1.04. The number of nitrogens with two attached hydrogens (primary N) is 1. The van der Waals surface area contributed by atoms with Crippen molar-refractivity contribution in [1.82, 2.24) is 9.80 Å². The molecule has 0 saturated carbocycles. The molecular formula is C60H52F2N4O5S2. The molecule has 8 aromatic rings. The number of carbonyl (C=O) groups is 4. The van der Waals surface area contributed by atoms with Gasteiger partial charge in [0.1, 0.15) is 23.7 Å². The zero-order valence-electron chi connectivity index (χ0n) is 39.7. The van der Waals surface area contributed by atoms with Crippen LogP contribution in [0.2, 0.25) is 0 Å². The first kappa shape index (κ1) is 51.4. The summed E-state index contributed by atoms with van der Waals surface area (Å²) in [5.41, 5.74) is 14.3. The molecule has 2 aliphatic heterocycles. The number of fused-ring (bicyclic) bond motifs is 2. The standard InChI is InChI=1S/C30H25FN2O2S.C17H14FNO3.C13H13NS/c31-25-12-10-22(11-13-25)30(35)33-19-24-9-5-4-8-23(24)18-28(33)29(34)32-26-14-16-27(17-15-26)36-20-21-6-2-1-3-7-21;18-14-7-5-11(6-8-14)16(20)19-10-13-4-2-1-3-12(13)9-15(19)17(21)22;14-12-6-8-13(9-7-12)15-10-11-4-2-1-3-5-11/h1-17,28H,18-20H2,(H,32,34);1-8,15H,9-10H2,(H,21,22);1-9H,10,14H2. The van der Waals surface area contributed by atoms with E-state index in [4.69, 9.17) is 5.73 Å². The van der Waals surface area contributed by atoms with Crippen LogP contribution in [-0.4, -0.2) is 50.7 Å². The number of hydrogen-bond donors (Lipinski definition) is 3. The first-order valence-electron chi connectivity index (χ1n) is 23.6.